The number of carbonyl (C=O) groups excluding carboxylic acids is 3. The number of aromatic nitrogens is 2. The van der Waals surface area contributed by atoms with E-state index < -0.39 is 35.7 Å². The van der Waals surface area contributed by atoms with Crippen molar-refractivity contribution in [1.82, 2.24) is 9.55 Å². The van der Waals surface area contributed by atoms with Crippen LogP contribution in [0.1, 0.15) is 17.5 Å². The molecule has 0 unspecified atom stereocenters. The third-order valence-corrected chi connectivity index (χ3v) is 6.63. The molecular weight excluding hydrogens is 518 g/mol. The number of nitrogens with zero attached hydrogens (tertiary/aromatic N) is 3. The molecule has 2 amide bonds. The minimum atomic E-state index is -0.863. The van der Waals surface area contributed by atoms with E-state index in [9.17, 15) is 24.0 Å². The van der Waals surface area contributed by atoms with Crippen molar-refractivity contribution in [2.45, 2.75) is 19.9 Å². The van der Waals surface area contributed by atoms with Gasteiger partial charge in [-0.25, -0.2) is 4.79 Å². The Balaban J connectivity index is 1.50. The van der Waals surface area contributed by atoms with Gasteiger partial charge in [0.05, 0.1) is 19.1 Å². The number of nitrogens with two attached hydrogens (primary N) is 1. The molecule has 1 aliphatic rings. The summed E-state index contributed by atoms with van der Waals surface area (Å²) in [5.74, 6) is -2.65. The highest BCUT2D eigenvalue weighted by Crippen LogP contribution is 2.26. The first-order valence-electron chi connectivity index (χ1n) is 12.7. The van der Waals surface area contributed by atoms with Crippen molar-refractivity contribution in [3.05, 3.63) is 86.6 Å². The molecule has 1 aromatic heterocycles. The number of rotatable bonds is 10. The van der Waals surface area contributed by atoms with Gasteiger partial charge < -0.3 is 20.1 Å². The molecule has 1 aliphatic heterocycles. The van der Waals surface area contributed by atoms with Crippen LogP contribution in [0.25, 0.3) is 0 Å². The maximum absolute atomic E-state index is 13.2. The summed E-state index contributed by atoms with van der Waals surface area (Å²) in [5, 5.41) is 0. The summed E-state index contributed by atoms with van der Waals surface area (Å²) in [7, 11) is 1.42. The molecule has 1 fully saturated rings. The van der Waals surface area contributed by atoms with E-state index >= 15 is 0 Å². The van der Waals surface area contributed by atoms with E-state index in [0.29, 0.717) is 5.69 Å². The molecule has 0 bridgehead atoms. The molecule has 4 rings (SSSR count). The largest absolute Gasteiger partial charge is 0.455 e. The Hall–Kier alpha value is -4.71. The maximum Gasteiger partial charge on any atom is 0.330 e. The number of anilines is 3. The molecule has 0 radical (unpaired) electrons. The summed E-state index contributed by atoms with van der Waals surface area (Å²) in [6.45, 7) is 1.37. The van der Waals surface area contributed by atoms with E-state index in [1.165, 1.54) is 12.0 Å². The number of ether oxygens (including phenoxy) is 2. The summed E-state index contributed by atoms with van der Waals surface area (Å²) in [6.07, 6.45) is -0.0502. The van der Waals surface area contributed by atoms with Gasteiger partial charge in [0.25, 0.3) is 11.5 Å². The van der Waals surface area contributed by atoms with E-state index in [1.54, 1.807) is 36.4 Å². The number of methoxy groups -OCH3 is 1. The summed E-state index contributed by atoms with van der Waals surface area (Å²) >= 11 is 0. The highest BCUT2D eigenvalue weighted by Gasteiger charge is 2.37. The quantitative estimate of drug-likeness (QED) is 0.355. The van der Waals surface area contributed by atoms with Gasteiger partial charge in [-0.2, -0.15) is 0 Å². The number of aryl methyl sites for hydroxylation is 1. The topological polar surface area (TPSA) is 157 Å². The molecule has 3 N–H and O–H groups in total. The third-order valence-electron chi connectivity index (χ3n) is 6.63. The molecule has 210 valence electrons. The zero-order valence-electron chi connectivity index (χ0n) is 22.3. The highest BCUT2D eigenvalue weighted by molar-refractivity contribution is 6.00. The zero-order chi connectivity index (χ0) is 28.8. The first kappa shape index (κ1) is 28.3. The average Bonchev–Trinajstić information content (AvgIpc) is 3.33. The van der Waals surface area contributed by atoms with Gasteiger partial charge >= 0.3 is 11.7 Å². The second kappa shape index (κ2) is 12.4. The maximum atomic E-state index is 13.2. The Kier molecular flexibility index (Phi) is 8.80. The Morgan fingerprint density at radius 1 is 1.07 bits per heavy atom. The van der Waals surface area contributed by atoms with Gasteiger partial charge in [0, 0.05) is 32.3 Å². The van der Waals surface area contributed by atoms with Gasteiger partial charge in [-0.3, -0.25) is 33.6 Å². The lowest BCUT2D eigenvalue weighted by atomic mass is 10.1. The number of nitrogens with one attached hydrogen (secondary N) is 1. The summed E-state index contributed by atoms with van der Waals surface area (Å²) < 4.78 is 11.5. The minimum absolute atomic E-state index is 0.0407. The molecule has 2 heterocycles. The number of hydrogen-bond donors (Lipinski definition) is 2. The van der Waals surface area contributed by atoms with E-state index in [2.05, 4.69) is 4.98 Å². The van der Waals surface area contributed by atoms with Crippen LogP contribution in [0.4, 0.5) is 17.2 Å². The van der Waals surface area contributed by atoms with Crippen molar-refractivity contribution in [2.75, 3.05) is 48.9 Å². The lowest BCUT2D eigenvalue weighted by Gasteiger charge is -2.24. The Labute approximate surface area is 229 Å². The number of hydrogen-bond acceptors (Lipinski definition) is 8. The van der Waals surface area contributed by atoms with E-state index in [0.717, 1.165) is 20.6 Å². The monoisotopic (exact) mass is 549 g/mol. The molecule has 0 saturated carbocycles. The van der Waals surface area contributed by atoms with Gasteiger partial charge in [-0.05, 0) is 24.6 Å². The second-order valence-corrected chi connectivity index (χ2v) is 9.45. The van der Waals surface area contributed by atoms with Crippen LogP contribution in [-0.2, 0) is 30.4 Å². The minimum Gasteiger partial charge on any atom is -0.455 e. The average molecular weight is 550 g/mol. The SMILES string of the molecule is COCCN(C(=O)COC(=O)[C@H]1CC(=O)N(c2ccc(C)cc2)C1)c1c(N)n(Cc2ccccc2)c(=O)[nH]c1=O. The first-order chi connectivity index (χ1) is 19.2. The van der Waals surface area contributed by atoms with Crippen LogP contribution in [0.5, 0.6) is 0 Å². The second-order valence-electron chi connectivity index (χ2n) is 9.45. The fourth-order valence-electron chi connectivity index (χ4n) is 4.47. The standard InChI is InChI=1S/C28H31N5O7/c1-18-8-10-21(11-9-18)32-16-20(14-22(32)34)27(37)40-17-23(35)31(12-13-39-2)24-25(29)33(28(38)30-26(24)36)15-19-6-4-3-5-7-19/h3-11,20H,12-17,29H2,1-2H3,(H,30,36,38)/t20-/m0/s1. The summed E-state index contributed by atoms with van der Waals surface area (Å²) in [6, 6.07) is 16.3. The molecule has 40 heavy (non-hydrogen) atoms. The zero-order valence-corrected chi connectivity index (χ0v) is 22.3. The summed E-state index contributed by atoms with van der Waals surface area (Å²) in [5.41, 5.74) is 6.87. The molecule has 0 spiro atoms. The molecule has 1 saturated heterocycles. The van der Waals surface area contributed by atoms with Gasteiger partial charge in [-0.1, -0.05) is 48.0 Å². The number of amides is 2. The van der Waals surface area contributed by atoms with Crippen LogP contribution in [-0.4, -0.2) is 60.7 Å². The fourth-order valence-corrected chi connectivity index (χ4v) is 4.47. The van der Waals surface area contributed by atoms with Gasteiger partial charge in [0.1, 0.15) is 5.82 Å². The Morgan fingerprint density at radius 3 is 2.45 bits per heavy atom. The van der Waals surface area contributed by atoms with Crippen LogP contribution in [0.15, 0.2) is 64.2 Å². The molecule has 2 aromatic carbocycles. The van der Waals surface area contributed by atoms with Gasteiger partial charge in [0.15, 0.2) is 12.3 Å². The van der Waals surface area contributed by atoms with Crippen molar-refractivity contribution >= 4 is 35.0 Å². The summed E-state index contributed by atoms with van der Waals surface area (Å²) in [4.78, 5) is 68.7. The highest BCUT2D eigenvalue weighted by atomic mass is 16.5. The Bertz CT molecular complexity index is 1500. The number of aromatic amines is 1. The molecule has 0 aliphatic carbocycles. The van der Waals surface area contributed by atoms with Crippen LogP contribution in [0.3, 0.4) is 0 Å². The number of esters is 1. The van der Waals surface area contributed by atoms with Gasteiger partial charge in [0.2, 0.25) is 5.91 Å². The lowest BCUT2D eigenvalue weighted by molar-refractivity contribution is -0.151. The normalized spacial score (nSPS) is 14.8. The van der Waals surface area contributed by atoms with Crippen LogP contribution >= 0.6 is 0 Å². The fraction of sp³-hybridized carbons (Fsp3) is 0.321. The predicted molar refractivity (Wildman–Crippen MR) is 148 cm³/mol. The molecular formula is C28H31N5O7. The number of nitrogen functional groups attached to an aromatic ring is 1. The molecule has 12 heteroatoms. The van der Waals surface area contributed by atoms with Crippen LogP contribution in [0.2, 0.25) is 0 Å². The number of carbonyl (C=O) groups is 3. The number of H-pyrrole nitrogens is 1. The number of benzene rings is 2. The van der Waals surface area contributed by atoms with E-state index in [-0.39, 0.29) is 50.1 Å². The van der Waals surface area contributed by atoms with E-state index in [1.807, 2.05) is 25.1 Å². The smallest absolute Gasteiger partial charge is 0.330 e. The first-order valence-corrected chi connectivity index (χ1v) is 12.7. The van der Waals surface area contributed by atoms with Gasteiger partial charge in [-0.15, -0.1) is 0 Å². The van der Waals surface area contributed by atoms with Crippen LogP contribution in [0, 0.1) is 12.8 Å². The third kappa shape index (κ3) is 6.29. The predicted octanol–water partition coefficient (Wildman–Crippen LogP) is 1.05. The van der Waals surface area contributed by atoms with Crippen molar-refractivity contribution in [3.63, 3.8) is 0 Å². The molecule has 12 nitrogen and oxygen atoms in total. The lowest BCUT2D eigenvalue weighted by Crippen LogP contribution is -2.44. The van der Waals surface area contributed by atoms with Crippen molar-refractivity contribution in [3.8, 4) is 0 Å². The van der Waals surface area contributed by atoms with E-state index in [4.69, 9.17) is 15.2 Å². The van der Waals surface area contributed by atoms with Crippen LogP contribution < -0.4 is 26.8 Å². The molecule has 3 aromatic rings. The van der Waals surface area contributed by atoms with Crippen molar-refractivity contribution in [1.29, 1.82) is 0 Å². The molecule has 1 atom stereocenters. The van der Waals surface area contributed by atoms with Crippen molar-refractivity contribution in [2.24, 2.45) is 5.92 Å². The Morgan fingerprint density at radius 2 is 1.77 bits per heavy atom. The van der Waals surface area contributed by atoms with Crippen molar-refractivity contribution < 1.29 is 23.9 Å².